The lowest BCUT2D eigenvalue weighted by Gasteiger charge is -2.06. The molecule has 18 heavy (non-hydrogen) atoms. The van der Waals surface area contributed by atoms with Gasteiger partial charge in [-0.3, -0.25) is 4.79 Å². The van der Waals surface area contributed by atoms with Gasteiger partial charge in [-0.25, -0.2) is 0 Å². The Labute approximate surface area is 115 Å². The summed E-state index contributed by atoms with van der Waals surface area (Å²) in [6.45, 7) is 0. The molecule has 0 saturated carbocycles. The monoisotopic (exact) mass is 328 g/mol. The minimum Gasteiger partial charge on any atom is -0.497 e. The first-order valence-corrected chi connectivity index (χ1v) is 6.44. The molecule has 3 N–H and O–H groups in total. The van der Waals surface area contributed by atoms with E-state index >= 15 is 0 Å². The lowest BCUT2D eigenvalue weighted by molar-refractivity contribution is 0.102. The van der Waals surface area contributed by atoms with E-state index in [0.29, 0.717) is 11.4 Å². The molecule has 0 radical (unpaired) electrons. The molecule has 0 spiro atoms. The second-order valence-electron chi connectivity index (χ2n) is 3.28. The first kappa shape index (κ1) is 12.8. The van der Waals surface area contributed by atoms with Crippen LogP contribution in [-0.4, -0.2) is 23.2 Å². The van der Waals surface area contributed by atoms with Crippen LogP contribution in [0, 0.1) is 0 Å². The second kappa shape index (κ2) is 5.32. The average molecular weight is 329 g/mol. The second-order valence-corrected chi connectivity index (χ2v) is 5.20. The molecule has 94 valence electrons. The number of methoxy groups -OCH3 is 1. The van der Waals surface area contributed by atoms with Crippen molar-refractivity contribution in [3.05, 3.63) is 27.7 Å². The van der Waals surface area contributed by atoms with E-state index < -0.39 is 0 Å². The highest BCUT2D eigenvalue weighted by molar-refractivity contribution is 9.10. The van der Waals surface area contributed by atoms with Crippen molar-refractivity contribution in [2.24, 2.45) is 0 Å². The normalized spacial score (nSPS) is 10.1. The maximum Gasteiger partial charge on any atom is 0.286 e. The van der Waals surface area contributed by atoms with Crippen LogP contribution >= 0.6 is 27.3 Å². The number of nitrogens with one attached hydrogen (secondary N) is 1. The van der Waals surface area contributed by atoms with Gasteiger partial charge in [0.25, 0.3) is 5.91 Å². The third-order valence-corrected chi connectivity index (χ3v) is 3.21. The van der Waals surface area contributed by atoms with E-state index in [1.807, 2.05) is 0 Å². The standard InChI is InChI=1S/C10H9BrN4O2S/c1-17-7-3-5(11)2-6(4-7)13-8(16)9-14-15-10(12)18-9/h2-4H,1H3,(H2,12,15)(H,13,16). The van der Waals surface area contributed by atoms with E-state index in [1.165, 1.54) is 0 Å². The molecule has 1 amide bonds. The lowest BCUT2D eigenvalue weighted by atomic mass is 10.3. The SMILES string of the molecule is COc1cc(Br)cc(NC(=O)c2nnc(N)s2)c1. The summed E-state index contributed by atoms with van der Waals surface area (Å²) in [6.07, 6.45) is 0. The Morgan fingerprint density at radius 3 is 2.83 bits per heavy atom. The number of benzene rings is 1. The number of nitrogen functional groups attached to an aromatic ring is 1. The van der Waals surface area contributed by atoms with Gasteiger partial charge >= 0.3 is 0 Å². The molecule has 0 atom stereocenters. The smallest absolute Gasteiger partial charge is 0.286 e. The van der Waals surface area contributed by atoms with Crippen LogP contribution in [0.5, 0.6) is 5.75 Å². The van der Waals surface area contributed by atoms with Gasteiger partial charge in [0.2, 0.25) is 10.1 Å². The van der Waals surface area contributed by atoms with Crippen LogP contribution in [0.4, 0.5) is 10.8 Å². The van der Waals surface area contributed by atoms with Crippen LogP contribution in [0.25, 0.3) is 0 Å². The molecule has 0 bridgehead atoms. The fraction of sp³-hybridized carbons (Fsp3) is 0.100. The topological polar surface area (TPSA) is 90.1 Å². The summed E-state index contributed by atoms with van der Waals surface area (Å²) in [6, 6.07) is 5.25. The summed E-state index contributed by atoms with van der Waals surface area (Å²) < 4.78 is 5.90. The van der Waals surface area contributed by atoms with Crippen molar-refractivity contribution in [3.8, 4) is 5.75 Å². The predicted molar refractivity (Wildman–Crippen MR) is 73.0 cm³/mol. The van der Waals surface area contributed by atoms with Gasteiger partial charge in [0, 0.05) is 16.2 Å². The number of nitrogens with zero attached hydrogens (tertiary/aromatic N) is 2. The van der Waals surface area contributed by atoms with Crippen LogP contribution < -0.4 is 15.8 Å². The number of nitrogens with two attached hydrogens (primary N) is 1. The van der Waals surface area contributed by atoms with Gasteiger partial charge in [-0.2, -0.15) is 0 Å². The molecule has 1 aromatic heterocycles. The lowest BCUT2D eigenvalue weighted by Crippen LogP contribution is -2.11. The van der Waals surface area contributed by atoms with Crippen LogP contribution in [0.1, 0.15) is 9.80 Å². The van der Waals surface area contributed by atoms with E-state index in [4.69, 9.17) is 10.5 Å². The molecular formula is C10H9BrN4O2S. The number of halogens is 1. The van der Waals surface area contributed by atoms with Crippen LogP contribution in [-0.2, 0) is 0 Å². The summed E-state index contributed by atoms with van der Waals surface area (Å²) in [5, 5.41) is 10.4. The number of aromatic nitrogens is 2. The Hall–Kier alpha value is -1.67. The Morgan fingerprint density at radius 2 is 2.22 bits per heavy atom. The first-order chi connectivity index (χ1) is 8.58. The van der Waals surface area contributed by atoms with Gasteiger partial charge in [-0.1, -0.05) is 27.3 Å². The molecule has 0 aliphatic rings. The third kappa shape index (κ3) is 2.96. The van der Waals surface area contributed by atoms with E-state index in [1.54, 1.807) is 25.3 Å². The molecule has 2 aromatic rings. The van der Waals surface area contributed by atoms with Crippen molar-refractivity contribution in [1.29, 1.82) is 0 Å². The maximum absolute atomic E-state index is 11.8. The molecule has 0 aliphatic heterocycles. The minimum absolute atomic E-state index is 0.214. The molecule has 1 heterocycles. The zero-order chi connectivity index (χ0) is 13.1. The van der Waals surface area contributed by atoms with Crippen molar-refractivity contribution >= 4 is 44.0 Å². The number of carbonyl (C=O) groups excluding carboxylic acids is 1. The van der Waals surface area contributed by atoms with Crippen LogP contribution in [0.2, 0.25) is 0 Å². The molecule has 0 fully saturated rings. The zero-order valence-corrected chi connectivity index (χ0v) is 11.7. The van der Waals surface area contributed by atoms with Crippen molar-refractivity contribution in [1.82, 2.24) is 10.2 Å². The number of ether oxygens (including phenoxy) is 1. The predicted octanol–water partition coefficient (Wildman–Crippen LogP) is 2.14. The fourth-order valence-electron chi connectivity index (χ4n) is 1.26. The van der Waals surface area contributed by atoms with Gasteiger partial charge in [-0.15, -0.1) is 10.2 Å². The van der Waals surface area contributed by atoms with Crippen LogP contribution in [0.3, 0.4) is 0 Å². The van der Waals surface area contributed by atoms with Gasteiger partial charge in [0.1, 0.15) is 5.75 Å². The molecule has 2 rings (SSSR count). The van der Waals surface area contributed by atoms with Crippen LogP contribution in [0.15, 0.2) is 22.7 Å². The van der Waals surface area contributed by atoms with Crippen molar-refractivity contribution in [3.63, 3.8) is 0 Å². The summed E-state index contributed by atoms with van der Waals surface area (Å²) in [7, 11) is 1.55. The van der Waals surface area contributed by atoms with Crippen molar-refractivity contribution in [2.75, 3.05) is 18.2 Å². The summed E-state index contributed by atoms with van der Waals surface area (Å²) in [4.78, 5) is 11.8. The molecule has 0 saturated heterocycles. The van der Waals surface area contributed by atoms with E-state index in [0.717, 1.165) is 15.8 Å². The Balaban J connectivity index is 2.18. The minimum atomic E-state index is -0.357. The van der Waals surface area contributed by atoms with Gasteiger partial charge in [0.05, 0.1) is 7.11 Å². The van der Waals surface area contributed by atoms with Crippen molar-refractivity contribution < 1.29 is 9.53 Å². The van der Waals surface area contributed by atoms with Gasteiger partial charge in [0.15, 0.2) is 0 Å². The Kier molecular flexibility index (Phi) is 3.78. The highest BCUT2D eigenvalue weighted by atomic mass is 79.9. The average Bonchev–Trinajstić information content (AvgIpc) is 2.75. The molecule has 1 aromatic carbocycles. The largest absolute Gasteiger partial charge is 0.497 e. The summed E-state index contributed by atoms with van der Waals surface area (Å²) >= 11 is 4.36. The fourth-order valence-corrected chi connectivity index (χ4v) is 2.24. The number of carbonyl (C=O) groups is 1. The zero-order valence-electron chi connectivity index (χ0n) is 9.31. The molecule has 0 unspecified atom stereocenters. The molecule has 6 nitrogen and oxygen atoms in total. The highest BCUT2D eigenvalue weighted by Gasteiger charge is 2.12. The Morgan fingerprint density at radius 1 is 1.44 bits per heavy atom. The van der Waals surface area contributed by atoms with E-state index in [2.05, 4.69) is 31.4 Å². The van der Waals surface area contributed by atoms with E-state index in [9.17, 15) is 4.79 Å². The first-order valence-electron chi connectivity index (χ1n) is 4.83. The van der Waals surface area contributed by atoms with Gasteiger partial charge in [-0.05, 0) is 12.1 Å². The molecule has 0 aliphatic carbocycles. The van der Waals surface area contributed by atoms with E-state index in [-0.39, 0.29) is 16.0 Å². The molecule has 8 heteroatoms. The number of hydrogen-bond acceptors (Lipinski definition) is 6. The molecular weight excluding hydrogens is 320 g/mol. The number of hydrogen-bond donors (Lipinski definition) is 2. The quantitative estimate of drug-likeness (QED) is 0.900. The number of amides is 1. The summed E-state index contributed by atoms with van der Waals surface area (Å²) in [5.74, 6) is 0.279. The van der Waals surface area contributed by atoms with Gasteiger partial charge < -0.3 is 15.8 Å². The van der Waals surface area contributed by atoms with Crippen molar-refractivity contribution in [2.45, 2.75) is 0 Å². The number of rotatable bonds is 3. The number of anilines is 2. The maximum atomic E-state index is 11.8. The Bertz CT molecular complexity index is 587. The highest BCUT2D eigenvalue weighted by Crippen LogP contribution is 2.25. The summed E-state index contributed by atoms with van der Waals surface area (Å²) in [5.41, 5.74) is 6.01. The third-order valence-electron chi connectivity index (χ3n) is 2.00.